The highest BCUT2D eigenvalue weighted by Crippen LogP contribution is 2.14. The molecule has 0 aliphatic heterocycles. The van der Waals surface area contributed by atoms with Gasteiger partial charge in [-0.05, 0) is 38.1 Å². The van der Waals surface area contributed by atoms with Crippen LogP contribution in [0.1, 0.15) is 25.0 Å². The zero-order chi connectivity index (χ0) is 20.5. The number of carbonyl (C=O) groups is 2. The molecule has 2 rings (SSSR count). The van der Waals surface area contributed by atoms with Gasteiger partial charge >= 0.3 is 11.8 Å². The molecule has 0 heterocycles. The highest BCUT2D eigenvalue weighted by molar-refractivity contribution is 6.35. The molecule has 0 unspecified atom stereocenters. The van der Waals surface area contributed by atoms with E-state index in [9.17, 15) is 9.59 Å². The van der Waals surface area contributed by atoms with Crippen molar-refractivity contribution in [3.05, 3.63) is 59.7 Å². The SMILES string of the molecule is COc1cccc(/C(C)=N\NC(=O)C(=O)N/N=C(/C)c2cccc(OC)c2)c1. The number of rotatable bonds is 6. The van der Waals surface area contributed by atoms with Crippen LogP contribution in [0.5, 0.6) is 11.5 Å². The van der Waals surface area contributed by atoms with Crippen LogP contribution in [0.4, 0.5) is 0 Å². The summed E-state index contributed by atoms with van der Waals surface area (Å²) < 4.78 is 10.3. The Morgan fingerprint density at radius 2 is 1.14 bits per heavy atom. The Hall–Kier alpha value is -3.68. The third-order valence-corrected chi connectivity index (χ3v) is 3.83. The van der Waals surface area contributed by atoms with Crippen LogP contribution in [-0.2, 0) is 9.59 Å². The number of nitrogens with one attached hydrogen (secondary N) is 2. The van der Waals surface area contributed by atoms with Gasteiger partial charge in [-0.15, -0.1) is 0 Å². The van der Waals surface area contributed by atoms with Crippen molar-refractivity contribution in [2.75, 3.05) is 14.2 Å². The van der Waals surface area contributed by atoms with Gasteiger partial charge in [0, 0.05) is 11.1 Å². The lowest BCUT2D eigenvalue weighted by Crippen LogP contribution is -2.36. The highest BCUT2D eigenvalue weighted by atomic mass is 16.5. The minimum atomic E-state index is -0.926. The summed E-state index contributed by atoms with van der Waals surface area (Å²) in [4.78, 5) is 23.8. The molecule has 0 aliphatic carbocycles. The zero-order valence-corrected chi connectivity index (χ0v) is 16.1. The molecular weight excluding hydrogens is 360 g/mol. The predicted octanol–water partition coefficient (Wildman–Crippen LogP) is 2.08. The maximum Gasteiger partial charge on any atom is 0.331 e. The molecule has 2 amide bonds. The van der Waals surface area contributed by atoms with Crippen LogP contribution in [0.2, 0.25) is 0 Å². The van der Waals surface area contributed by atoms with E-state index in [1.165, 1.54) is 0 Å². The smallest absolute Gasteiger partial charge is 0.331 e. The topological polar surface area (TPSA) is 101 Å². The van der Waals surface area contributed by atoms with Crippen LogP contribution < -0.4 is 20.3 Å². The van der Waals surface area contributed by atoms with E-state index in [0.29, 0.717) is 22.9 Å². The second kappa shape index (κ2) is 9.86. The van der Waals surface area contributed by atoms with Crippen LogP contribution in [0.3, 0.4) is 0 Å². The summed E-state index contributed by atoms with van der Waals surface area (Å²) in [6.07, 6.45) is 0. The number of hydrogen-bond donors (Lipinski definition) is 2. The Morgan fingerprint density at radius 1 is 0.750 bits per heavy atom. The number of benzene rings is 2. The van der Waals surface area contributed by atoms with Crippen LogP contribution in [-0.4, -0.2) is 37.5 Å². The predicted molar refractivity (Wildman–Crippen MR) is 107 cm³/mol. The van der Waals surface area contributed by atoms with Gasteiger partial charge in [0.2, 0.25) is 0 Å². The van der Waals surface area contributed by atoms with Gasteiger partial charge in [0.05, 0.1) is 25.6 Å². The van der Waals surface area contributed by atoms with Crippen molar-refractivity contribution in [1.29, 1.82) is 0 Å². The fourth-order valence-corrected chi connectivity index (χ4v) is 2.20. The third-order valence-electron chi connectivity index (χ3n) is 3.83. The maximum absolute atomic E-state index is 11.9. The Bertz CT molecular complexity index is 846. The molecular formula is C20H22N4O4. The van der Waals surface area contributed by atoms with Crippen LogP contribution in [0.15, 0.2) is 58.7 Å². The van der Waals surface area contributed by atoms with Crippen molar-refractivity contribution < 1.29 is 19.1 Å². The molecule has 2 N–H and O–H groups in total. The van der Waals surface area contributed by atoms with E-state index < -0.39 is 11.8 Å². The minimum Gasteiger partial charge on any atom is -0.497 e. The van der Waals surface area contributed by atoms with E-state index in [-0.39, 0.29) is 0 Å². The Balaban J connectivity index is 1.97. The van der Waals surface area contributed by atoms with Gasteiger partial charge in [-0.1, -0.05) is 24.3 Å². The van der Waals surface area contributed by atoms with Crippen LogP contribution >= 0.6 is 0 Å². The third kappa shape index (κ3) is 5.66. The van der Waals surface area contributed by atoms with Gasteiger partial charge in [-0.25, -0.2) is 10.9 Å². The molecule has 0 aromatic heterocycles. The molecule has 0 spiro atoms. The summed E-state index contributed by atoms with van der Waals surface area (Å²) in [6.45, 7) is 3.41. The number of hydrazone groups is 2. The molecule has 0 aliphatic rings. The molecule has 2 aromatic carbocycles. The van der Waals surface area contributed by atoms with E-state index in [1.807, 2.05) is 12.1 Å². The number of carbonyl (C=O) groups excluding carboxylic acids is 2. The molecule has 0 radical (unpaired) electrons. The second-order valence-electron chi connectivity index (χ2n) is 5.74. The van der Waals surface area contributed by atoms with Crippen LogP contribution in [0.25, 0.3) is 0 Å². The van der Waals surface area contributed by atoms with E-state index in [4.69, 9.17) is 9.47 Å². The molecule has 0 atom stereocenters. The van der Waals surface area contributed by atoms with E-state index in [0.717, 1.165) is 11.1 Å². The van der Waals surface area contributed by atoms with Crippen molar-refractivity contribution in [2.45, 2.75) is 13.8 Å². The van der Waals surface area contributed by atoms with E-state index >= 15 is 0 Å². The molecule has 2 aromatic rings. The summed E-state index contributed by atoms with van der Waals surface area (Å²) >= 11 is 0. The first kappa shape index (κ1) is 20.6. The largest absolute Gasteiger partial charge is 0.497 e. The maximum atomic E-state index is 11.9. The zero-order valence-electron chi connectivity index (χ0n) is 16.1. The molecule has 8 nitrogen and oxygen atoms in total. The number of ether oxygens (including phenoxy) is 2. The lowest BCUT2D eigenvalue weighted by Gasteiger charge is -2.06. The fourth-order valence-electron chi connectivity index (χ4n) is 2.20. The molecule has 0 saturated carbocycles. The molecule has 146 valence electrons. The molecule has 0 fully saturated rings. The standard InChI is InChI=1S/C20H22N4O4/c1-13(15-7-5-9-17(11-15)27-3)21-23-19(25)20(26)24-22-14(2)16-8-6-10-18(12-16)28-4/h5-12H,1-4H3,(H,23,25)(H,24,26)/b21-13-,22-14-. The van der Waals surface area contributed by atoms with E-state index in [2.05, 4.69) is 21.1 Å². The van der Waals surface area contributed by atoms with Gasteiger partial charge in [0.1, 0.15) is 11.5 Å². The average Bonchev–Trinajstić information content (AvgIpc) is 2.75. The number of methoxy groups -OCH3 is 2. The van der Waals surface area contributed by atoms with Crippen molar-refractivity contribution in [3.8, 4) is 11.5 Å². The molecule has 28 heavy (non-hydrogen) atoms. The first-order valence-electron chi connectivity index (χ1n) is 8.42. The fraction of sp³-hybridized carbons (Fsp3) is 0.200. The van der Waals surface area contributed by atoms with Crippen LogP contribution in [0, 0.1) is 0 Å². The highest BCUT2D eigenvalue weighted by Gasteiger charge is 2.12. The van der Waals surface area contributed by atoms with Gasteiger partial charge < -0.3 is 9.47 Å². The van der Waals surface area contributed by atoms with Gasteiger partial charge in [-0.3, -0.25) is 9.59 Å². The van der Waals surface area contributed by atoms with Gasteiger partial charge in [-0.2, -0.15) is 10.2 Å². The summed E-state index contributed by atoms with van der Waals surface area (Å²) in [5.41, 5.74) is 6.97. The lowest BCUT2D eigenvalue weighted by molar-refractivity contribution is -0.139. The summed E-state index contributed by atoms with van der Waals surface area (Å²) in [5.74, 6) is -0.522. The number of nitrogens with zero attached hydrogens (tertiary/aromatic N) is 2. The Morgan fingerprint density at radius 3 is 1.50 bits per heavy atom. The lowest BCUT2D eigenvalue weighted by atomic mass is 10.1. The van der Waals surface area contributed by atoms with Crippen molar-refractivity contribution >= 4 is 23.2 Å². The first-order chi connectivity index (χ1) is 13.4. The molecule has 0 saturated heterocycles. The molecule has 8 heteroatoms. The number of hydrogen-bond acceptors (Lipinski definition) is 6. The Labute approximate surface area is 163 Å². The summed E-state index contributed by atoms with van der Waals surface area (Å²) in [6, 6.07) is 14.4. The summed E-state index contributed by atoms with van der Waals surface area (Å²) in [5, 5.41) is 7.87. The van der Waals surface area contributed by atoms with Gasteiger partial charge in [0.25, 0.3) is 0 Å². The average molecular weight is 382 g/mol. The van der Waals surface area contributed by atoms with Crippen molar-refractivity contribution in [2.24, 2.45) is 10.2 Å². The first-order valence-corrected chi connectivity index (χ1v) is 8.42. The number of amides is 2. The normalized spacial score (nSPS) is 11.6. The van der Waals surface area contributed by atoms with Crippen molar-refractivity contribution in [3.63, 3.8) is 0 Å². The van der Waals surface area contributed by atoms with E-state index in [1.54, 1.807) is 64.5 Å². The minimum absolute atomic E-state index is 0.524. The monoisotopic (exact) mass is 382 g/mol. The van der Waals surface area contributed by atoms with Gasteiger partial charge in [0.15, 0.2) is 0 Å². The second-order valence-corrected chi connectivity index (χ2v) is 5.74. The Kier molecular flexibility index (Phi) is 7.27. The summed E-state index contributed by atoms with van der Waals surface area (Å²) in [7, 11) is 3.12. The quantitative estimate of drug-likeness (QED) is 0.454. The molecule has 0 bridgehead atoms. The van der Waals surface area contributed by atoms with Crippen molar-refractivity contribution in [1.82, 2.24) is 10.9 Å².